The predicted octanol–water partition coefficient (Wildman–Crippen LogP) is -0.785. The first-order chi connectivity index (χ1) is 9.19. The van der Waals surface area contributed by atoms with Gasteiger partial charge in [0.2, 0.25) is 18.1 Å². The molecule has 1 aliphatic rings. The average Bonchev–Trinajstić information content (AvgIpc) is 2.90. The maximum atomic E-state index is 11.9. The Labute approximate surface area is 110 Å². The van der Waals surface area contributed by atoms with Gasteiger partial charge in [-0.15, -0.1) is 0 Å². The Hall–Kier alpha value is -2.18. The molecule has 1 saturated heterocycles. The number of H-pyrrole nitrogens is 1. The van der Waals surface area contributed by atoms with E-state index in [2.05, 4.69) is 20.6 Å². The fourth-order valence-electron chi connectivity index (χ4n) is 2.01. The van der Waals surface area contributed by atoms with Crippen LogP contribution in [-0.4, -0.2) is 40.2 Å². The molecule has 101 valence electrons. The van der Waals surface area contributed by atoms with Gasteiger partial charge in [0.05, 0.1) is 12.0 Å². The Morgan fingerprint density at radius 1 is 1.63 bits per heavy atom. The fraction of sp³-hybridized carbons (Fsp3) is 0.500. The molecule has 0 aromatic carbocycles. The number of hydrogen-bond acceptors (Lipinski definition) is 4. The second-order valence-corrected chi connectivity index (χ2v) is 4.46. The third kappa shape index (κ3) is 3.64. The zero-order valence-electron chi connectivity index (χ0n) is 10.3. The van der Waals surface area contributed by atoms with Crippen LogP contribution in [0.4, 0.5) is 0 Å². The largest absolute Gasteiger partial charge is 0.351 e. The maximum absolute atomic E-state index is 11.9. The monoisotopic (exact) mass is 263 g/mol. The minimum atomic E-state index is -0.755. The normalized spacial score (nSPS) is 20.4. The molecule has 0 spiro atoms. The third-order valence-electron chi connectivity index (χ3n) is 2.98. The number of imidazole rings is 1. The summed E-state index contributed by atoms with van der Waals surface area (Å²) in [5.41, 5.74) is 0.668. The topological polar surface area (TPSA) is 104 Å². The second kappa shape index (κ2) is 6.12. The molecule has 2 heterocycles. The van der Waals surface area contributed by atoms with E-state index < -0.39 is 12.1 Å². The van der Waals surface area contributed by atoms with Crippen molar-refractivity contribution in [1.82, 2.24) is 20.6 Å². The van der Waals surface area contributed by atoms with Crippen molar-refractivity contribution in [2.24, 2.45) is 0 Å². The highest BCUT2D eigenvalue weighted by molar-refractivity contribution is 5.90. The molecular formula is C12H15N4O3. The Kier molecular flexibility index (Phi) is 4.27. The van der Waals surface area contributed by atoms with Gasteiger partial charge in [-0.2, -0.15) is 0 Å². The van der Waals surface area contributed by atoms with Crippen molar-refractivity contribution in [2.75, 3.05) is 0 Å². The summed E-state index contributed by atoms with van der Waals surface area (Å²) in [5.74, 6) is -0.484. The van der Waals surface area contributed by atoms with Crippen LogP contribution in [0.1, 0.15) is 25.0 Å². The van der Waals surface area contributed by atoms with Crippen molar-refractivity contribution in [2.45, 2.75) is 37.8 Å². The first-order valence-electron chi connectivity index (χ1n) is 6.14. The van der Waals surface area contributed by atoms with Crippen molar-refractivity contribution in [3.8, 4) is 0 Å². The minimum absolute atomic E-state index is 0.134. The van der Waals surface area contributed by atoms with Gasteiger partial charge in [-0.05, 0) is 12.8 Å². The summed E-state index contributed by atoms with van der Waals surface area (Å²) in [6.45, 7) is 0. The molecular weight excluding hydrogens is 248 g/mol. The lowest BCUT2D eigenvalue weighted by Gasteiger charge is -2.23. The summed E-state index contributed by atoms with van der Waals surface area (Å²) in [6.07, 6.45) is 6.92. The molecule has 7 nitrogen and oxygen atoms in total. The number of amides is 2. The highest BCUT2D eigenvalue weighted by Crippen LogP contribution is 2.08. The first kappa shape index (κ1) is 13.3. The number of hydrogen-bond donors (Lipinski definition) is 3. The number of aromatic amines is 1. The van der Waals surface area contributed by atoms with Crippen molar-refractivity contribution >= 4 is 18.1 Å². The minimum Gasteiger partial charge on any atom is -0.351 e. The van der Waals surface area contributed by atoms with Crippen LogP contribution in [-0.2, 0) is 20.8 Å². The van der Waals surface area contributed by atoms with Crippen LogP contribution in [0.2, 0.25) is 0 Å². The standard InChI is InChI=1S/C12H15N4O3/c17-6-9(4-8-5-13-7-14-8)15-12(19)10-2-1-3-11(18)16-10/h5,7,9-10H,1-4H2,(H,13,14)(H,15,19)(H,16,18)/t9-,10?/m0/s1. The molecule has 1 unspecified atom stereocenters. The summed E-state index contributed by atoms with van der Waals surface area (Å²) in [4.78, 5) is 40.7. The molecule has 1 aliphatic heterocycles. The average molecular weight is 263 g/mol. The zero-order valence-corrected chi connectivity index (χ0v) is 10.3. The number of piperidine rings is 1. The van der Waals surface area contributed by atoms with Crippen LogP contribution in [0, 0.1) is 0 Å². The van der Waals surface area contributed by atoms with E-state index in [1.54, 1.807) is 12.5 Å². The van der Waals surface area contributed by atoms with Gasteiger partial charge < -0.3 is 15.6 Å². The molecule has 0 bridgehead atoms. The second-order valence-electron chi connectivity index (χ2n) is 4.46. The SMILES string of the molecule is O=[C][C@H](Cc1c[nH]cn1)NC(=O)C1CCCC(=O)N1. The van der Waals surface area contributed by atoms with E-state index in [1.807, 2.05) is 0 Å². The van der Waals surface area contributed by atoms with E-state index in [1.165, 1.54) is 6.33 Å². The van der Waals surface area contributed by atoms with E-state index >= 15 is 0 Å². The number of nitrogens with one attached hydrogen (secondary N) is 3. The predicted molar refractivity (Wildman–Crippen MR) is 65.7 cm³/mol. The van der Waals surface area contributed by atoms with Gasteiger partial charge in [-0.25, -0.2) is 4.98 Å². The van der Waals surface area contributed by atoms with Crippen LogP contribution in [0.25, 0.3) is 0 Å². The van der Waals surface area contributed by atoms with Crippen molar-refractivity contribution in [3.63, 3.8) is 0 Å². The number of rotatable bonds is 5. The van der Waals surface area contributed by atoms with Gasteiger partial charge in [-0.3, -0.25) is 14.4 Å². The third-order valence-corrected chi connectivity index (χ3v) is 2.98. The molecule has 1 fully saturated rings. The smallest absolute Gasteiger partial charge is 0.243 e. The molecule has 2 atom stereocenters. The quantitative estimate of drug-likeness (QED) is 0.648. The maximum Gasteiger partial charge on any atom is 0.243 e. The molecule has 7 heteroatoms. The molecule has 1 radical (unpaired) electrons. The molecule has 19 heavy (non-hydrogen) atoms. The first-order valence-corrected chi connectivity index (χ1v) is 6.14. The lowest BCUT2D eigenvalue weighted by Crippen LogP contribution is -2.52. The van der Waals surface area contributed by atoms with E-state index in [9.17, 15) is 14.4 Å². The highest BCUT2D eigenvalue weighted by Gasteiger charge is 2.26. The Morgan fingerprint density at radius 2 is 2.47 bits per heavy atom. The summed E-state index contributed by atoms with van der Waals surface area (Å²) in [6, 6.07) is -1.31. The van der Waals surface area contributed by atoms with Crippen LogP contribution in [0.3, 0.4) is 0 Å². The fourth-order valence-corrected chi connectivity index (χ4v) is 2.01. The molecule has 2 amide bonds. The van der Waals surface area contributed by atoms with Gasteiger partial charge in [0.25, 0.3) is 0 Å². The van der Waals surface area contributed by atoms with Gasteiger partial charge >= 0.3 is 0 Å². The van der Waals surface area contributed by atoms with Crippen molar-refractivity contribution in [1.29, 1.82) is 0 Å². The molecule has 0 saturated carbocycles. The number of carbonyl (C=O) groups is 2. The van der Waals surface area contributed by atoms with Gasteiger partial charge in [0, 0.05) is 19.0 Å². The lowest BCUT2D eigenvalue weighted by molar-refractivity contribution is -0.131. The summed E-state index contributed by atoms with van der Waals surface area (Å²) in [7, 11) is 0. The van der Waals surface area contributed by atoms with E-state index in [0.29, 0.717) is 25.0 Å². The van der Waals surface area contributed by atoms with E-state index in [-0.39, 0.29) is 18.2 Å². The summed E-state index contributed by atoms with van der Waals surface area (Å²) >= 11 is 0. The summed E-state index contributed by atoms with van der Waals surface area (Å²) in [5, 5.41) is 5.17. The molecule has 3 N–H and O–H groups in total. The van der Waals surface area contributed by atoms with E-state index in [0.717, 1.165) is 0 Å². The van der Waals surface area contributed by atoms with Crippen molar-refractivity contribution < 1.29 is 14.4 Å². The van der Waals surface area contributed by atoms with Gasteiger partial charge in [-0.1, -0.05) is 0 Å². The number of carbonyl (C=O) groups excluding carboxylic acids is 3. The zero-order chi connectivity index (χ0) is 13.7. The van der Waals surface area contributed by atoms with Crippen LogP contribution < -0.4 is 10.6 Å². The highest BCUT2D eigenvalue weighted by atomic mass is 16.2. The Morgan fingerprint density at radius 3 is 3.11 bits per heavy atom. The number of nitrogens with zero attached hydrogens (tertiary/aromatic N) is 1. The summed E-state index contributed by atoms with van der Waals surface area (Å²) < 4.78 is 0. The molecule has 0 aliphatic carbocycles. The van der Waals surface area contributed by atoms with Crippen LogP contribution >= 0.6 is 0 Å². The molecule has 1 aromatic heterocycles. The Bertz CT molecular complexity index is 458. The van der Waals surface area contributed by atoms with Gasteiger partial charge in [0.1, 0.15) is 12.1 Å². The van der Waals surface area contributed by atoms with Crippen LogP contribution in [0.15, 0.2) is 12.5 Å². The van der Waals surface area contributed by atoms with Crippen molar-refractivity contribution in [3.05, 3.63) is 18.2 Å². The van der Waals surface area contributed by atoms with Crippen LogP contribution in [0.5, 0.6) is 0 Å². The van der Waals surface area contributed by atoms with E-state index in [4.69, 9.17) is 0 Å². The molecule has 2 rings (SSSR count). The number of aromatic nitrogens is 2. The lowest BCUT2D eigenvalue weighted by atomic mass is 10.0. The Balaban J connectivity index is 1.88. The van der Waals surface area contributed by atoms with Gasteiger partial charge in [0.15, 0.2) is 0 Å². The molecule has 1 aromatic rings.